The van der Waals surface area contributed by atoms with E-state index >= 15 is 0 Å². The van der Waals surface area contributed by atoms with E-state index in [1.807, 2.05) is 19.9 Å². The summed E-state index contributed by atoms with van der Waals surface area (Å²) in [7, 11) is 0. The average molecular weight is 186 g/mol. The Labute approximate surface area is 77.3 Å². The average Bonchev–Trinajstić information content (AvgIpc) is 2.45. The third-order valence-corrected chi connectivity index (χ3v) is 2.27. The monoisotopic (exact) mass is 185 g/mol. The van der Waals surface area contributed by atoms with Crippen LogP contribution in [0.5, 0.6) is 0 Å². The number of hydrogen-bond acceptors (Lipinski definition) is 1. The molecular weight excluding hydrogens is 174 g/mol. The molecule has 0 atom stereocenters. The summed E-state index contributed by atoms with van der Waals surface area (Å²) in [5.41, 5.74) is 1.57. The summed E-state index contributed by atoms with van der Waals surface area (Å²) >= 11 is 5.89. The van der Waals surface area contributed by atoms with Gasteiger partial charge in [0.15, 0.2) is 5.78 Å². The second-order valence-electron chi connectivity index (χ2n) is 2.62. The van der Waals surface area contributed by atoms with Gasteiger partial charge in [-0.25, -0.2) is 0 Å². The zero-order chi connectivity index (χ0) is 9.14. The molecule has 0 fully saturated rings. The fraction of sp³-hybridized carbons (Fsp3) is 0.444. The van der Waals surface area contributed by atoms with Gasteiger partial charge in [-0.15, -0.1) is 0 Å². The zero-order valence-corrected chi connectivity index (χ0v) is 8.06. The molecule has 0 N–H and O–H groups in total. The third-order valence-electron chi connectivity index (χ3n) is 1.87. The van der Waals surface area contributed by atoms with Gasteiger partial charge in [-0.1, -0.05) is 13.8 Å². The number of carbonyl (C=O) groups excluding carboxylic acids is 1. The summed E-state index contributed by atoms with van der Waals surface area (Å²) in [5, 5.41) is 0. The Morgan fingerprint density at radius 2 is 2.17 bits per heavy atom. The van der Waals surface area contributed by atoms with Crippen LogP contribution >= 0.6 is 11.8 Å². The Kier molecular flexibility index (Phi) is 2.93. The quantitative estimate of drug-likeness (QED) is 0.664. The van der Waals surface area contributed by atoms with Gasteiger partial charge in [-0.05, 0) is 18.6 Å². The Morgan fingerprint density at radius 1 is 1.50 bits per heavy atom. The molecule has 1 aromatic heterocycles. The molecule has 12 heavy (non-hydrogen) atoms. The zero-order valence-electron chi connectivity index (χ0n) is 7.30. The van der Waals surface area contributed by atoms with Crippen molar-refractivity contribution in [3.8, 4) is 0 Å². The highest BCUT2D eigenvalue weighted by molar-refractivity contribution is 6.18. The molecule has 1 rings (SSSR count). The Bertz CT molecular complexity index is 291. The first-order valence-corrected chi connectivity index (χ1v) is 4.44. The van der Waals surface area contributed by atoms with E-state index in [1.54, 1.807) is 6.07 Å². The van der Waals surface area contributed by atoms with E-state index in [1.165, 1.54) is 4.09 Å². The van der Waals surface area contributed by atoms with Gasteiger partial charge >= 0.3 is 0 Å². The van der Waals surface area contributed by atoms with Crippen LogP contribution in [0.15, 0.2) is 12.1 Å². The number of halogens is 1. The molecule has 0 bridgehead atoms. The van der Waals surface area contributed by atoms with Crippen molar-refractivity contribution < 1.29 is 4.79 Å². The number of carbonyl (C=O) groups is 1. The first kappa shape index (κ1) is 9.33. The van der Waals surface area contributed by atoms with Crippen molar-refractivity contribution >= 4 is 17.6 Å². The van der Waals surface area contributed by atoms with Crippen molar-refractivity contribution in [1.29, 1.82) is 0 Å². The number of rotatable bonds is 3. The topological polar surface area (TPSA) is 22.0 Å². The Balaban J connectivity index is 3.02. The maximum atomic E-state index is 11.3. The van der Waals surface area contributed by atoms with Gasteiger partial charge in [0.2, 0.25) is 0 Å². The maximum Gasteiger partial charge on any atom is 0.180 e. The molecule has 0 aliphatic rings. The third kappa shape index (κ3) is 1.53. The van der Waals surface area contributed by atoms with Gasteiger partial charge in [0, 0.05) is 23.9 Å². The number of aryl methyl sites for hydroxylation is 1. The second kappa shape index (κ2) is 3.76. The first-order chi connectivity index (χ1) is 5.70. The fourth-order valence-electron chi connectivity index (χ4n) is 1.10. The summed E-state index contributed by atoms with van der Waals surface area (Å²) < 4.78 is 1.45. The molecule has 1 aromatic rings. The standard InChI is InChI=1S/C9H12ClNO/c1-3-7-5-6-8(11(7)10)9(12)4-2/h5-6H,3-4H2,1-2H3. The lowest BCUT2D eigenvalue weighted by molar-refractivity contribution is 0.0982. The predicted molar refractivity (Wildman–Crippen MR) is 49.7 cm³/mol. The van der Waals surface area contributed by atoms with Gasteiger partial charge in [0.25, 0.3) is 0 Å². The van der Waals surface area contributed by atoms with E-state index in [0.717, 1.165) is 12.1 Å². The minimum Gasteiger partial charge on any atom is -0.292 e. The molecule has 0 unspecified atom stereocenters. The van der Waals surface area contributed by atoms with Crippen LogP contribution in [0, 0.1) is 0 Å². The van der Waals surface area contributed by atoms with Crippen LogP contribution in [0.1, 0.15) is 36.5 Å². The predicted octanol–water partition coefficient (Wildman–Crippen LogP) is 2.65. The van der Waals surface area contributed by atoms with Crippen molar-refractivity contribution in [2.45, 2.75) is 26.7 Å². The molecular formula is C9H12ClNO. The molecule has 0 aromatic carbocycles. The number of hydrogen-bond donors (Lipinski definition) is 0. The summed E-state index contributed by atoms with van der Waals surface area (Å²) in [4.78, 5) is 11.3. The Morgan fingerprint density at radius 3 is 2.58 bits per heavy atom. The van der Waals surface area contributed by atoms with Crippen molar-refractivity contribution in [2.24, 2.45) is 0 Å². The van der Waals surface area contributed by atoms with Crippen molar-refractivity contribution in [3.05, 3.63) is 23.5 Å². The largest absolute Gasteiger partial charge is 0.292 e. The molecule has 2 nitrogen and oxygen atoms in total. The Hall–Kier alpha value is -0.760. The van der Waals surface area contributed by atoms with Crippen LogP contribution in [0.25, 0.3) is 0 Å². The summed E-state index contributed by atoms with van der Waals surface area (Å²) in [6.07, 6.45) is 1.35. The van der Waals surface area contributed by atoms with E-state index in [9.17, 15) is 4.79 Å². The van der Waals surface area contributed by atoms with Crippen LogP contribution in [-0.4, -0.2) is 9.87 Å². The van der Waals surface area contributed by atoms with Gasteiger partial charge in [-0.2, -0.15) is 0 Å². The number of Topliss-reactive ketones (excluding diaryl/α,β-unsaturated/α-hetero) is 1. The van der Waals surface area contributed by atoms with Crippen LogP contribution in [0.2, 0.25) is 0 Å². The molecule has 0 aliphatic carbocycles. The van der Waals surface area contributed by atoms with Gasteiger partial charge < -0.3 is 0 Å². The summed E-state index contributed by atoms with van der Waals surface area (Å²) in [6.45, 7) is 3.84. The summed E-state index contributed by atoms with van der Waals surface area (Å²) in [6, 6.07) is 3.66. The van der Waals surface area contributed by atoms with Crippen molar-refractivity contribution in [2.75, 3.05) is 0 Å². The lowest BCUT2D eigenvalue weighted by Gasteiger charge is -2.00. The van der Waals surface area contributed by atoms with Crippen molar-refractivity contribution in [3.63, 3.8) is 0 Å². The van der Waals surface area contributed by atoms with Crippen LogP contribution in [0.4, 0.5) is 0 Å². The summed E-state index contributed by atoms with van der Waals surface area (Å²) in [5.74, 6) is 0.0877. The van der Waals surface area contributed by atoms with E-state index < -0.39 is 0 Å². The minimum absolute atomic E-state index is 0.0877. The molecule has 0 aliphatic heterocycles. The number of ketones is 1. The molecule has 0 saturated carbocycles. The van der Waals surface area contributed by atoms with E-state index in [4.69, 9.17) is 11.8 Å². The molecule has 0 spiro atoms. The van der Waals surface area contributed by atoms with Gasteiger partial charge in [-0.3, -0.25) is 8.88 Å². The van der Waals surface area contributed by atoms with E-state index in [-0.39, 0.29) is 5.78 Å². The molecule has 66 valence electrons. The number of nitrogens with zero attached hydrogens (tertiary/aromatic N) is 1. The van der Waals surface area contributed by atoms with Gasteiger partial charge in [0.05, 0.1) is 0 Å². The highest BCUT2D eigenvalue weighted by atomic mass is 35.5. The molecule has 3 heteroatoms. The van der Waals surface area contributed by atoms with E-state index in [2.05, 4.69) is 0 Å². The van der Waals surface area contributed by atoms with Crippen molar-refractivity contribution in [1.82, 2.24) is 4.09 Å². The highest BCUT2D eigenvalue weighted by Crippen LogP contribution is 2.13. The number of aromatic nitrogens is 1. The smallest absolute Gasteiger partial charge is 0.180 e. The normalized spacial score (nSPS) is 10.2. The molecule has 0 saturated heterocycles. The molecule has 1 heterocycles. The fourth-order valence-corrected chi connectivity index (χ4v) is 1.43. The van der Waals surface area contributed by atoms with Crippen LogP contribution in [-0.2, 0) is 6.42 Å². The molecule has 0 amide bonds. The second-order valence-corrected chi connectivity index (χ2v) is 2.96. The van der Waals surface area contributed by atoms with E-state index in [0.29, 0.717) is 12.1 Å². The molecule has 0 radical (unpaired) electrons. The first-order valence-electron chi connectivity index (χ1n) is 4.10. The lowest BCUT2D eigenvalue weighted by Crippen LogP contribution is -2.02. The van der Waals surface area contributed by atoms with Crippen LogP contribution < -0.4 is 0 Å². The minimum atomic E-state index is 0.0877. The highest BCUT2D eigenvalue weighted by Gasteiger charge is 2.10. The maximum absolute atomic E-state index is 11.3. The SMILES string of the molecule is CCC(=O)c1ccc(CC)n1Cl. The lowest BCUT2D eigenvalue weighted by atomic mass is 10.2. The van der Waals surface area contributed by atoms with Gasteiger partial charge in [0.1, 0.15) is 5.69 Å². The van der Waals surface area contributed by atoms with Crippen LogP contribution in [0.3, 0.4) is 0 Å².